The highest BCUT2D eigenvalue weighted by Gasteiger charge is 2.32. The third-order valence-corrected chi connectivity index (χ3v) is 7.26. The van der Waals surface area contributed by atoms with E-state index in [0.29, 0.717) is 16.8 Å². The van der Waals surface area contributed by atoms with Gasteiger partial charge in [-0.15, -0.1) is 10.2 Å². The van der Waals surface area contributed by atoms with Crippen molar-refractivity contribution >= 4 is 50.3 Å². The first kappa shape index (κ1) is 27.7. The molecule has 1 aromatic heterocycles. The summed E-state index contributed by atoms with van der Waals surface area (Å²) in [5, 5.41) is 21.9. The molecular weight excluding hydrogens is 568 g/mol. The zero-order valence-corrected chi connectivity index (χ0v) is 23.1. The van der Waals surface area contributed by atoms with E-state index >= 15 is 0 Å². The first-order valence-corrected chi connectivity index (χ1v) is 14.1. The fourth-order valence-electron chi connectivity index (χ4n) is 5.01. The second-order valence-electron chi connectivity index (χ2n) is 9.50. The van der Waals surface area contributed by atoms with Gasteiger partial charge in [0.15, 0.2) is 11.5 Å². The summed E-state index contributed by atoms with van der Waals surface area (Å²) in [5.41, 5.74) is -0.397. The average molecular weight is 590 g/mol. The monoisotopic (exact) mass is 589 g/mol. The van der Waals surface area contributed by atoms with E-state index in [-0.39, 0.29) is 28.0 Å². The Morgan fingerprint density at radius 1 is 0.837 bits per heavy atom. The number of Topliss-reactive ketones (excluding diaryl/α,β-unsaturated/α-hetero) is 1. The Morgan fingerprint density at radius 2 is 1.51 bits per heavy atom. The van der Waals surface area contributed by atoms with Gasteiger partial charge in [-0.05, 0) is 29.1 Å². The molecule has 0 amide bonds. The smallest absolute Gasteiger partial charge is 0.344 e. The SMILES string of the molecule is O=C(c1ccccc1)C(c1ccccc1)c1c(O)c2c(N=Nc3cccc4ccccc34)c(OS(=O)[O-])ccc2oc1=O. The molecule has 0 aliphatic heterocycles. The minimum atomic E-state index is -3.01. The lowest BCUT2D eigenvalue weighted by Crippen LogP contribution is -2.21. The van der Waals surface area contributed by atoms with Crippen molar-refractivity contribution in [1.82, 2.24) is 0 Å². The van der Waals surface area contributed by atoms with Gasteiger partial charge in [0.2, 0.25) is 0 Å². The molecule has 2 unspecified atom stereocenters. The predicted octanol–water partition coefficient (Wildman–Crippen LogP) is 7.25. The van der Waals surface area contributed by atoms with Crippen LogP contribution in [0.5, 0.6) is 11.5 Å². The third kappa shape index (κ3) is 5.44. The van der Waals surface area contributed by atoms with Gasteiger partial charge in [0.05, 0.1) is 22.6 Å². The van der Waals surface area contributed by atoms with Crippen molar-refractivity contribution in [2.24, 2.45) is 10.2 Å². The van der Waals surface area contributed by atoms with Gasteiger partial charge in [-0.2, -0.15) is 0 Å². The van der Waals surface area contributed by atoms with Crippen LogP contribution in [0.4, 0.5) is 11.4 Å². The van der Waals surface area contributed by atoms with Crippen LogP contribution in [0.1, 0.15) is 27.4 Å². The molecule has 5 aromatic carbocycles. The highest BCUT2D eigenvalue weighted by molar-refractivity contribution is 7.74. The van der Waals surface area contributed by atoms with Crippen LogP contribution in [0.25, 0.3) is 21.7 Å². The topological polar surface area (TPSA) is 142 Å². The highest BCUT2D eigenvalue weighted by atomic mass is 32.2. The Morgan fingerprint density at radius 3 is 2.26 bits per heavy atom. The third-order valence-electron chi connectivity index (χ3n) is 6.94. The van der Waals surface area contributed by atoms with Crippen molar-refractivity contribution in [1.29, 1.82) is 0 Å². The van der Waals surface area contributed by atoms with Gasteiger partial charge >= 0.3 is 5.63 Å². The van der Waals surface area contributed by atoms with Gasteiger partial charge in [0, 0.05) is 10.9 Å². The summed E-state index contributed by atoms with van der Waals surface area (Å²) >= 11 is -3.01. The molecule has 0 saturated carbocycles. The van der Waals surface area contributed by atoms with Gasteiger partial charge < -0.3 is 18.3 Å². The number of benzene rings is 5. The molecule has 43 heavy (non-hydrogen) atoms. The zero-order valence-electron chi connectivity index (χ0n) is 22.2. The molecule has 0 saturated heterocycles. The van der Waals surface area contributed by atoms with E-state index in [1.54, 1.807) is 72.8 Å². The number of aromatic hydroxyl groups is 1. The van der Waals surface area contributed by atoms with E-state index in [0.717, 1.165) is 10.8 Å². The van der Waals surface area contributed by atoms with Crippen LogP contribution in [0.15, 0.2) is 135 Å². The summed E-state index contributed by atoms with van der Waals surface area (Å²) in [5.74, 6) is -2.60. The number of rotatable bonds is 8. The van der Waals surface area contributed by atoms with E-state index in [4.69, 9.17) is 8.60 Å². The number of hydrogen-bond donors (Lipinski definition) is 1. The molecule has 9 nitrogen and oxygen atoms in total. The first-order chi connectivity index (χ1) is 20.9. The lowest BCUT2D eigenvalue weighted by atomic mass is 9.84. The number of hydrogen-bond acceptors (Lipinski definition) is 9. The summed E-state index contributed by atoms with van der Waals surface area (Å²) in [6.45, 7) is 0. The first-order valence-electron chi connectivity index (χ1n) is 13.1. The molecule has 0 fully saturated rings. The van der Waals surface area contributed by atoms with Crippen molar-refractivity contribution in [2.45, 2.75) is 5.92 Å². The van der Waals surface area contributed by atoms with Crippen LogP contribution in [0.3, 0.4) is 0 Å². The Balaban J connectivity index is 1.61. The van der Waals surface area contributed by atoms with Crippen LogP contribution in [-0.2, 0) is 11.4 Å². The normalized spacial score (nSPS) is 12.9. The van der Waals surface area contributed by atoms with Gasteiger partial charge in [-0.25, -0.2) is 9.00 Å². The number of carbonyl (C=O) groups excluding carboxylic acids is 1. The van der Waals surface area contributed by atoms with Crippen molar-refractivity contribution in [3.05, 3.63) is 142 Å². The zero-order chi connectivity index (χ0) is 29.9. The minimum Gasteiger partial charge on any atom is -0.740 e. The van der Waals surface area contributed by atoms with Crippen LogP contribution in [-0.4, -0.2) is 19.7 Å². The summed E-state index contributed by atoms with van der Waals surface area (Å²) in [6.07, 6.45) is 0. The maximum Gasteiger partial charge on any atom is 0.344 e. The Kier molecular flexibility index (Phi) is 7.61. The average Bonchev–Trinajstić information content (AvgIpc) is 3.03. The molecule has 1 heterocycles. The summed E-state index contributed by atoms with van der Waals surface area (Å²) in [4.78, 5) is 27.3. The molecule has 6 rings (SSSR count). The molecule has 0 aliphatic carbocycles. The molecule has 1 N–H and O–H groups in total. The second-order valence-corrected chi connectivity index (χ2v) is 10.1. The molecule has 0 aliphatic rings. The van der Waals surface area contributed by atoms with E-state index in [1.165, 1.54) is 12.1 Å². The molecule has 0 radical (unpaired) electrons. The molecule has 212 valence electrons. The molecular formula is C33H21N2O7S-. The molecule has 0 spiro atoms. The number of ketones is 1. The second kappa shape index (κ2) is 11.8. The fraction of sp³-hybridized carbons (Fsp3) is 0.0303. The van der Waals surface area contributed by atoms with Crippen molar-refractivity contribution in [3.8, 4) is 11.5 Å². The van der Waals surface area contributed by atoms with Crippen molar-refractivity contribution < 1.29 is 27.3 Å². The van der Waals surface area contributed by atoms with E-state index in [1.807, 2.05) is 30.3 Å². The van der Waals surface area contributed by atoms with Crippen LogP contribution >= 0.6 is 0 Å². The number of azo groups is 1. The molecule has 6 aromatic rings. The van der Waals surface area contributed by atoms with Gasteiger partial charge in [-0.3, -0.25) is 4.79 Å². The minimum absolute atomic E-state index is 0.110. The molecule has 2 atom stereocenters. The highest BCUT2D eigenvalue weighted by Crippen LogP contribution is 2.45. The number of carbonyl (C=O) groups is 1. The summed E-state index contributed by atoms with van der Waals surface area (Å²) < 4.78 is 33.7. The lowest BCUT2D eigenvalue weighted by molar-refractivity contribution is 0.0971. The Hall–Kier alpha value is -5.45. The predicted molar refractivity (Wildman–Crippen MR) is 161 cm³/mol. The van der Waals surface area contributed by atoms with Crippen LogP contribution in [0.2, 0.25) is 0 Å². The van der Waals surface area contributed by atoms with Crippen LogP contribution in [0, 0.1) is 0 Å². The van der Waals surface area contributed by atoms with Gasteiger partial charge in [-0.1, -0.05) is 97.1 Å². The van der Waals surface area contributed by atoms with E-state index in [2.05, 4.69) is 10.2 Å². The Labute approximate surface area is 247 Å². The van der Waals surface area contributed by atoms with Crippen molar-refractivity contribution in [2.75, 3.05) is 0 Å². The Bertz CT molecular complexity index is 2090. The largest absolute Gasteiger partial charge is 0.740 e. The summed E-state index contributed by atoms with van der Waals surface area (Å²) in [7, 11) is 0. The maximum atomic E-state index is 13.9. The van der Waals surface area contributed by atoms with E-state index < -0.39 is 34.4 Å². The van der Waals surface area contributed by atoms with E-state index in [9.17, 15) is 23.5 Å². The van der Waals surface area contributed by atoms with Gasteiger partial charge in [0.1, 0.15) is 28.4 Å². The standard InChI is InChI=1S/C33H22N2O7S/c36-31(22-13-5-2-6-14-22)27(21-11-3-1-4-12-21)29-32(37)28-25(41-33(29)38)18-19-26(42-43(39)40)30(28)35-34-24-17-9-15-20-10-7-8-16-23(20)24/h1-19,27,37H,(H,39,40)/p-1. The van der Waals surface area contributed by atoms with Gasteiger partial charge in [0.25, 0.3) is 0 Å². The molecule has 10 heteroatoms. The number of fused-ring (bicyclic) bond motifs is 2. The van der Waals surface area contributed by atoms with Crippen LogP contribution < -0.4 is 9.81 Å². The maximum absolute atomic E-state index is 13.9. The fourth-order valence-corrected chi connectivity index (χ4v) is 5.29. The summed E-state index contributed by atoms with van der Waals surface area (Å²) in [6, 6.07) is 32.3. The van der Waals surface area contributed by atoms with Crippen molar-refractivity contribution in [3.63, 3.8) is 0 Å². The quantitative estimate of drug-likeness (QED) is 0.0852. The molecule has 0 bridgehead atoms. The lowest BCUT2D eigenvalue weighted by Gasteiger charge is -2.19. The number of nitrogens with zero attached hydrogens (tertiary/aromatic N) is 2.